The minimum absolute atomic E-state index is 0.176. The lowest BCUT2D eigenvalue weighted by Gasteiger charge is -2.10. The lowest BCUT2D eigenvalue weighted by molar-refractivity contribution is -0.137. The molecule has 2 aromatic rings. The summed E-state index contributed by atoms with van der Waals surface area (Å²) in [5, 5.41) is 0. The van der Waals surface area contributed by atoms with Crippen LogP contribution in [0.25, 0.3) is 0 Å². The minimum atomic E-state index is -4.36. The Bertz CT molecular complexity index is 547. The Morgan fingerprint density at radius 1 is 0.850 bits per heavy atom. The highest BCUT2D eigenvalue weighted by molar-refractivity contribution is 5.36. The molecule has 2 rings (SSSR count). The van der Waals surface area contributed by atoms with Crippen molar-refractivity contribution in [2.24, 2.45) is 0 Å². The van der Waals surface area contributed by atoms with Gasteiger partial charge in [-0.25, -0.2) is 0 Å². The summed E-state index contributed by atoms with van der Waals surface area (Å²) < 4.78 is 42.9. The third kappa shape index (κ3) is 4.61. The third-order valence-corrected chi connectivity index (χ3v) is 2.39. The average Bonchev–Trinajstić information content (AvgIpc) is 2.40. The van der Waals surface area contributed by atoms with E-state index in [1.54, 1.807) is 18.2 Å². The number of rotatable bonds is 2. The summed E-state index contributed by atoms with van der Waals surface area (Å²) in [5.74, 6) is 0.699. The number of halogens is 3. The number of aryl methyl sites for hydroxylation is 1. The highest BCUT2D eigenvalue weighted by atomic mass is 19.4. The topological polar surface area (TPSA) is 9.23 Å². The van der Waals surface area contributed by atoms with Gasteiger partial charge in [-0.3, -0.25) is 0 Å². The second-order valence-electron chi connectivity index (χ2n) is 3.94. The van der Waals surface area contributed by atoms with Gasteiger partial charge in [0.1, 0.15) is 11.5 Å². The molecule has 0 atom stereocenters. The number of ether oxygens (including phenoxy) is 1. The Balaban J connectivity index is 0.000000956. The fourth-order valence-corrected chi connectivity index (χ4v) is 1.55. The highest BCUT2D eigenvalue weighted by Gasteiger charge is 2.30. The Labute approximate surface area is 117 Å². The lowest BCUT2D eigenvalue weighted by atomic mass is 10.2. The van der Waals surface area contributed by atoms with Crippen LogP contribution < -0.4 is 4.74 Å². The molecule has 0 bridgehead atoms. The lowest BCUT2D eigenvalue weighted by Crippen LogP contribution is -2.04. The van der Waals surface area contributed by atoms with E-state index in [4.69, 9.17) is 4.74 Å². The quantitative estimate of drug-likeness (QED) is 0.673. The van der Waals surface area contributed by atoms with Gasteiger partial charge >= 0.3 is 6.18 Å². The van der Waals surface area contributed by atoms with Crippen molar-refractivity contribution in [3.63, 3.8) is 0 Å². The summed E-state index contributed by atoms with van der Waals surface area (Å²) in [5.41, 5.74) is 0.270. The van der Waals surface area contributed by atoms with Crippen LogP contribution in [0.15, 0.2) is 48.5 Å². The Morgan fingerprint density at radius 3 is 1.95 bits per heavy atom. The molecule has 108 valence electrons. The van der Waals surface area contributed by atoms with Gasteiger partial charge in [0.25, 0.3) is 0 Å². The molecule has 0 spiro atoms. The van der Waals surface area contributed by atoms with Crippen LogP contribution in [0.3, 0.4) is 0 Å². The molecule has 4 heteroatoms. The van der Waals surface area contributed by atoms with Crippen molar-refractivity contribution < 1.29 is 17.9 Å². The predicted octanol–water partition coefficient (Wildman–Crippen LogP) is 5.83. The van der Waals surface area contributed by atoms with Gasteiger partial charge in [-0.1, -0.05) is 32.0 Å². The second-order valence-corrected chi connectivity index (χ2v) is 3.94. The van der Waals surface area contributed by atoms with Crippen LogP contribution in [-0.4, -0.2) is 0 Å². The van der Waals surface area contributed by atoms with Crippen molar-refractivity contribution in [3.05, 3.63) is 59.7 Å². The van der Waals surface area contributed by atoms with Crippen molar-refractivity contribution >= 4 is 0 Å². The van der Waals surface area contributed by atoms with Gasteiger partial charge in [0, 0.05) is 0 Å². The van der Waals surface area contributed by atoms with E-state index in [9.17, 15) is 13.2 Å². The number of alkyl halides is 3. The minimum Gasteiger partial charge on any atom is -0.457 e. The van der Waals surface area contributed by atoms with Gasteiger partial charge in [-0.05, 0) is 42.8 Å². The van der Waals surface area contributed by atoms with Gasteiger partial charge < -0.3 is 4.74 Å². The molecule has 20 heavy (non-hydrogen) atoms. The molecule has 2 aromatic carbocycles. The van der Waals surface area contributed by atoms with E-state index in [0.717, 1.165) is 17.7 Å². The summed E-state index contributed by atoms with van der Waals surface area (Å²) in [6.45, 7) is 5.89. The molecule has 0 amide bonds. The van der Waals surface area contributed by atoms with Gasteiger partial charge in [-0.2, -0.15) is 13.2 Å². The van der Waals surface area contributed by atoms with E-state index in [0.29, 0.717) is 5.75 Å². The van der Waals surface area contributed by atoms with Crippen molar-refractivity contribution in [3.8, 4) is 11.5 Å². The zero-order chi connectivity index (χ0) is 15.2. The van der Waals surface area contributed by atoms with Gasteiger partial charge in [0.05, 0.1) is 5.56 Å². The summed E-state index contributed by atoms with van der Waals surface area (Å²) in [6.07, 6.45) is -4.36. The molecule has 0 N–H and O–H groups in total. The summed E-state index contributed by atoms with van der Waals surface area (Å²) in [4.78, 5) is 0. The maximum atomic E-state index is 12.5. The van der Waals surface area contributed by atoms with Crippen LogP contribution in [0.1, 0.15) is 25.0 Å². The number of benzene rings is 2. The first-order chi connectivity index (χ1) is 9.45. The fraction of sp³-hybridized carbons (Fsp3) is 0.250. The third-order valence-electron chi connectivity index (χ3n) is 2.39. The molecule has 0 radical (unpaired) electrons. The summed E-state index contributed by atoms with van der Waals surface area (Å²) in [6, 6.07) is 12.0. The van der Waals surface area contributed by atoms with Crippen molar-refractivity contribution in [1.29, 1.82) is 0 Å². The average molecular weight is 282 g/mol. The summed E-state index contributed by atoms with van der Waals surface area (Å²) >= 11 is 0. The maximum Gasteiger partial charge on any atom is 0.416 e. The van der Waals surface area contributed by atoms with Crippen molar-refractivity contribution in [2.45, 2.75) is 26.9 Å². The van der Waals surface area contributed by atoms with Gasteiger partial charge in [-0.15, -0.1) is 0 Å². The molecule has 0 saturated heterocycles. The molecule has 0 heterocycles. The molecule has 0 aliphatic rings. The molecular formula is C16H17F3O. The molecule has 0 aliphatic carbocycles. The predicted molar refractivity (Wildman–Crippen MR) is 74.0 cm³/mol. The van der Waals surface area contributed by atoms with E-state index in [-0.39, 0.29) is 5.75 Å². The molecule has 0 aromatic heterocycles. The number of hydrogen-bond acceptors (Lipinski definition) is 1. The van der Waals surface area contributed by atoms with Crippen molar-refractivity contribution in [2.75, 3.05) is 0 Å². The largest absolute Gasteiger partial charge is 0.457 e. The van der Waals surface area contributed by atoms with Crippen LogP contribution in [-0.2, 0) is 6.18 Å². The van der Waals surface area contributed by atoms with Gasteiger partial charge in [0.15, 0.2) is 0 Å². The second kappa shape index (κ2) is 6.98. The first-order valence-electron chi connectivity index (χ1n) is 6.37. The van der Waals surface area contributed by atoms with Crippen LogP contribution in [0.5, 0.6) is 11.5 Å². The summed E-state index contributed by atoms with van der Waals surface area (Å²) in [7, 11) is 0. The number of hydrogen-bond donors (Lipinski definition) is 0. The van der Waals surface area contributed by atoms with Crippen LogP contribution in [0.2, 0.25) is 0 Å². The Hall–Kier alpha value is -1.97. The standard InChI is InChI=1S/C14H11F3O.C2H6/c1-10-4-2-6-12(8-10)18-13-7-3-5-11(9-13)14(15,16)17;1-2/h2-9H,1H3;1-2H3. The smallest absolute Gasteiger partial charge is 0.416 e. The molecule has 0 fully saturated rings. The molecule has 0 aliphatic heterocycles. The highest BCUT2D eigenvalue weighted by Crippen LogP contribution is 2.32. The van der Waals surface area contributed by atoms with E-state index in [1.807, 2.05) is 26.8 Å². The molecule has 0 saturated carbocycles. The SMILES string of the molecule is CC.Cc1cccc(Oc2cccc(C(F)(F)F)c2)c1. The first-order valence-corrected chi connectivity index (χ1v) is 6.37. The van der Waals surface area contributed by atoms with Crippen LogP contribution in [0, 0.1) is 6.92 Å². The maximum absolute atomic E-state index is 12.5. The van der Waals surface area contributed by atoms with E-state index < -0.39 is 11.7 Å². The monoisotopic (exact) mass is 282 g/mol. The molecular weight excluding hydrogens is 265 g/mol. The first kappa shape index (κ1) is 16.1. The molecule has 1 nitrogen and oxygen atoms in total. The van der Waals surface area contributed by atoms with Crippen LogP contribution >= 0.6 is 0 Å². The Morgan fingerprint density at radius 2 is 1.40 bits per heavy atom. The van der Waals surface area contributed by atoms with Crippen molar-refractivity contribution in [1.82, 2.24) is 0 Å². The molecule has 0 unspecified atom stereocenters. The van der Waals surface area contributed by atoms with E-state index >= 15 is 0 Å². The van der Waals surface area contributed by atoms with Gasteiger partial charge in [0.2, 0.25) is 0 Å². The normalized spacial score (nSPS) is 10.5. The Kier molecular flexibility index (Phi) is 5.62. The zero-order valence-electron chi connectivity index (χ0n) is 11.7. The van der Waals surface area contributed by atoms with Crippen LogP contribution in [0.4, 0.5) is 13.2 Å². The van der Waals surface area contributed by atoms with E-state index in [2.05, 4.69) is 0 Å². The van der Waals surface area contributed by atoms with E-state index in [1.165, 1.54) is 12.1 Å². The zero-order valence-corrected chi connectivity index (χ0v) is 11.7. The fourth-order valence-electron chi connectivity index (χ4n) is 1.55.